The van der Waals surface area contributed by atoms with E-state index in [1.54, 1.807) is 13.8 Å². The fraction of sp³-hybridized carbons (Fsp3) is 0.826. The lowest BCUT2D eigenvalue weighted by atomic mass is 10.1. The van der Waals surface area contributed by atoms with E-state index in [1.807, 2.05) is 0 Å². The number of ether oxygens (including phenoxy) is 2. The van der Waals surface area contributed by atoms with Crippen molar-refractivity contribution in [2.45, 2.75) is 103 Å². The summed E-state index contributed by atoms with van der Waals surface area (Å²) in [6.45, 7) is 16.3. The van der Waals surface area contributed by atoms with E-state index in [0.717, 1.165) is 50.7 Å². The molecule has 178 valence electrons. The number of carbonyl (C=O) groups excluding carboxylic acids is 2. The van der Waals surface area contributed by atoms with Crippen LogP contribution in [0.5, 0.6) is 0 Å². The van der Waals surface area contributed by atoms with Crippen LogP contribution in [0.1, 0.15) is 73.1 Å². The summed E-state index contributed by atoms with van der Waals surface area (Å²) in [5, 5.41) is 3.18. The second kappa shape index (κ2) is 10.9. The van der Waals surface area contributed by atoms with Gasteiger partial charge in [0.15, 0.2) is 8.32 Å². The molecule has 0 N–H and O–H groups in total. The molecule has 0 aromatic carbocycles. The molecule has 1 saturated carbocycles. The summed E-state index contributed by atoms with van der Waals surface area (Å²) in [7, 11) is -1.67. The fourth-order valence-corrected chi connectivity index (χ4v) is 5.10. The summed E-state index contributed by atoms with van der Waals surface area (Å²) in [5.74, 6) is 0. The van der Waals surface area contributed by atoms with E-state index in [2.05, 4.69) is 39.9 Å². The molecule has 0 radical (unpaired) electrons. The third-order valence-corrected chi connectivity index (χ3v) is 11.3. The molecule has 8 heteroatoms. The molecular formula is C23H42N2O5Si. The summed E-state index contributed by atoms with van der Waals surface area (Å²) in [4.78, 5) is 25.0. The zero-order chi connectivity index (χ0) is 23.2. The number of hydrogen-bond acceptors (Lipinski definition) is 5. The van der Waals surface area contributed by atoms with Gasteiger partial charge in [-0.05, 0) is 69.7 Å². The first-order valence-corrected chi connectivity index (χ1v) is 14.7. The van der Waals surface area contributed by atoms with Crippen LogP contribution in [0.4, 0.5) is 9.59 Å². The van der Waals surface area contributed by atoms with E-state index in [1.165, 1.54) is 10.0 Å². The Kier molecular flexibility index (Phi) is 9.00. The molecule has 2 rings (SSSR count). The van der Waals surface area contributed by atoms with Gasteiger partial charge in [-0.3, -0.25) is 0 Å². The number of unbranched alkanes of at least 4 members (excludes halogenated alkanes) is 3. The van der Waals surface area contributed by atoms with Crippen LogP contribution in [0.25, 0.3) is 0 Å². The molecule has 1 aliphatic carbocycles. The normalized spacial score (nSPS) is 22.4. The van der Waals surface area contributed by atoms with E-state index < -0.39 is 20.5 Å². The maximum atomic E-state index is 12.5. The Morgan fingerprint density at radius 3 is 1.94 bits per heavy atom. The van der Waals surface area contributed by atoms with Crippen molar-refractivity contribution in [1.29, 1.82) is 0 Å². The Bertz CT molecular complexity index is 625. The number of allylic oxidation sites excluding steroid dienone is 1. The van der Waals surface area contributed by atoms with Crippen LogP contribution in [0.2, 0.25) is 18.1 Å². The molecule has 7 nitrogen and oxygen atoms in total. The van der Waals surface area contributed by atoms with Crippen LogP contribution in [-0.4, -0.2) is 62.4 Å². The van der Waals surface area contributed by atoms with Crippen LogP contribution in [0.15, 0.2) is 11.6 Å². The molecule has 1 aliphatic heterocycles. The topological polar surface area (TPSA) is 68.3 Å². The van der Waals surface area contributed by atoms with Gasteiger partial charge >= 0.3 is 12.2 Å². The zero-order valence-electron chi connectivity index (χ0n) is 20.5. The molecule has 0 spiro atoms. The lowest BCUT2D eigenvalue weighted by molar-refractivity contribution is -0.0378. The molecular weight excluding hydrogens is 412 g/mol. The molecule has 2 aliphatic rings. The standard InChI is InChI=1S/C23H42N2O5Si/c1-8-28-21(26)24-19-15-16-20(25(24)22(27)29-9-2)18(19)14-12-10-11-13-17-30-31(6,7)23(3,4)5/h14,19-20H,8-13,15-17H2,1-7H3/t19-,20+. The van der Waals surface area contributed by atoms with Crippen molar-refractivity contribution in [2.75, 3.05) is 19.8 Å². The monoisotopic (exact) mass is 454 g/mol. The molecule has 1 heterocycles. The van der Waals surface area contributed by atoms with Gasteiger partial charge in [0, 0.05) is 6.61 Å². The molecule has 1 saturated heterocycles. The first-order chi connectivity index (χ1) is 14.5. The van der Waals surface area contributed by atoms with Gasteiger partial charge < -0.3 is 13.9 Å². The van der Waals surface area contributed by atoms with Gasteiger partial charge in [0.05, 0.1) is 25.3 Å². The minimum atomic E-state index is -1.67. The quantitative estimate of drug-likeness (QED) is 0.247. The molecule has 2 fully saturated rings. The minimum absolute atomic E-state index is 0.102. The average molecular weight is 455 g/mol. The van der Waals surface area contributed by atoms with Crippen molar-refractivity contribution in [1.82, 2.24) is 10.0 Å². The fourth-order valence-electron chi connectivity index (χ4n) is 4.02. The molecule has 2 bridgehead atoms. The molecule has 2 amide bonds. The third kappa shape index (κ3) is 6.03. The van der Waals surface area contributed by atoms with Crippen LogP contribution < -0.4 is 0 Å². The Hall–Kier alpha value is -1.54. The van der Waals surface area contributed by atoms with Gasteiger partial charge in [-0.2, -0.15) is 0 Å². The molecule has 0 aromatic heterocycles. The minimum Gasteiger partial charge on any atom is -0.448 e. The van der Waals surface area contributed by atoms with Gasteiger partial charge in [-0.15, -0.1) is 0 Å². The van der Waals surface area contributed by atoms with Crippen LogP contribution in [0.3, 0.4) is 0 Å². The van der Waals surface area contributed by atoms with Crippen LogP contribution in [-0.2, 0) is 13.9 Å². The number of nitrogens with zero attached hydrogens (tertiary/aromatic N) is 2. The maximum absolute atomic E-state index is 12.5. The Morgan fingerprint density at radius 1 is 0.968 bits per heavy atom. The van der Waals surface area contributed by atoms with Crippen molar-refractivity contribution in [3.63, 3.8) is 0 Å². The van der Waals surface area contributed by atoms with Crippen molar-refractivity contribution in [2.24, 2.45) is 0 Å². The molecule has 2 atom stereocenters. The first-order valence-electron chi connectivity index (χ1n) is 11.8. The van der Waals surface area contributed by atoms with E-state index in [4.69, 9.17) is 13.9 Å². The number of rotatable bonds is 9. The molecule has 31 heavy (non-hydrogen) atoms. The average Bonchev–Trinajstić information content (AvgIpc) is 3.21. The summed E-state index contributed by atoms with van der Waals surface area (Å²) in [5.41, 5.74) is 1.15. The van der Waals surface area contributed by atoms with Gasteiger partial charge in [-0.25, -0.2) is 19.6 Å². The maximum Gasteiger partial charge on any atom is 0.429 e. The smallest absolute Gasteiger partial charge is 0.429 e. The Labute approximate surface area is 189 Å². The van der Waals surface area contributed by atoms with E-state index in [-0.39, 0.29) is 30.3 Å². The second-order valence-electron chi connectivity index (χ2n) is 9.86. The summed E-state index contributed by atoms with van der Waals surface area (Å²) in [6.07, 6.45) is 7.16. The van der Waals surface area contributed by atoms with E-state index >= 15 is 0 Å². The lowest BCUT2D eigenvalue weighted by Crippen LogP contribution is -2.53. The molecule has 0 aromatic rings. The SMILES string of the molecule is CCOC(=O)N1[C@@H]2CC[C@@H](C2=CCCCCCO[Si](C)(C)C(C)(C)C)N1C(=O)OCC. The van der Waals surface area contributed by atoms with Crippen molar-refractivity contribution >= 4 is 20.5 Å². The highest BCUT2D eigenvalue weighted by Gasteiger charge is 2.53. The summed E-state index contributed by atoms with van der Waals surface area (Å²) in [6, 6.07) is -0.203. The number of carbonyl (C=O) groups is 2. The number of amides is 2. The zero-order valence-corrected chi connectivity index (χ0v) is 21.5. The highest BCUT2D eigenvalue weighted by atomic mass is 28.4. The third-order valence-electron chi connectivity index (χ3n) is 6.71. The van der Waals surface area contributed by atoms with Crippen molar-refractivity contribution in [3.05, 3.63) is 11.6 Å². The predicted molar refractivity (Wildman–Crippen MR) is 124 cm³/mol. The van der Waals surface area contributed by atoms with Crippen LogP contribution in [0, 0.1) is 0 Å². The highest BCUT2D eigenvalue weighted by Crippen LogP contribution is 2.43. The number of fused-ring (bicyclic) bond motifs is 2. The Balaban J connectivity index is 1.89. The van der Waals surface area contributed by atoms with Gasteiger partial charge in [0.25, 0.3) is 0 Å². The number of hydrazine groups is 1. The summed E-state index contributed by atoms with van der Waals surface area (Å²) < 4.78 is 16.7. The van der Waals surface area contributed by atoms with Crippen molar-refractivity contribution < 1.29 is 23.5 Å². The van der Waals surface area contributed by atoms with Gasteiger partial charge in [-0.1, -0.05) is 33.3 Å². The molecule has 0 unspecified atom stereocenters. The van der Waals surface area contributed by atoms with E-state index in [0.29, 0.717) is 0 Å². The van der Waals surface area contributed by atoms with E-state index in [9.17, 15) is 9.59 Å². The van der Waals surface area contributed by atoms with Gasteiger partial charge in [0.2, 0.25) is 0 Å². The lowest BCUT2D eigenvalue weighted by Gasteiger charge is -2.36. The second-order valence-corrected chi connectivity index (χ2v) is 14.7. The van der Waals surface area contributed by atoms with Crippen LogP contribution >= 0.6 is 0 Å². The Morgan fingerprint density at radius 2 is 1.48 bits per heavy atom. The van der Waals surface area contributed by atoms with Crippen molar-refractivity contribution in [3.8, 4) is 0 Å². The van der Waals surface area contributed by atoms with Gasteiger partial charge in [0.1, 0.15) is 0 Å². The summed E-state index contributed by atoms with van der Waals surface area (Å²) >= 11 is 0. The predicted octanol–water partition coefficient (Wildman–Crippen LogP) is 5.87. The highest BCUT2D eigenvalue weighted by molar-refractivity contribution is 6.74. The first kappa shape index (κ1) is 25.7. The number of hydrogen-bond donors (Lipinski definition) is 0. The largest absolute Gasteiger partial charge is 0.448 e.